The molecule has 3 heteroatoms. The monoisotopic (exact) mass is 221 g/mol. The number of ether oxygens (including phenoxy) is 1. The Morgan fingerprint density at radius 1 is 1.38 bits per heavy atom. The minimum Gasteiger partial charge on any atom is -0.462 e. The van der Waals surface area contributed by atoms with Gasteiger partial charge >= 0.3 is 5.97 Å². The first kappa shape index (κ1) is 12.7. The van der Waals surface area contributed by atoms with Gasteiger partial charge in [0.15, 0.2) is 0 Å². The molecule has 1 aromatic rings. The number of esters is 1. The van der Waals surface area contributed by atoms with Crippen molar-refractivity contribution in [1.29, 1.82) is 0 Å². The third-order valence-corrected chi connectivity index (χ3v) is 2.40. The first-order valence-corrected chi connectivity index (χ1v) is 5.67. The number of carbonyl (C=O) groups excluding carboxylic acids is 1. The van der Waals surface area contributed by atoms with Gasteiger partial charge in [0.25, 0.3) is 0 Å². The molecule has 0 spiro atoms. The van der Waals surface area contributed by atoms with Gasteiger partial charge in [-0.2, -0.15) is 0 Å². The maximum Gasteiger partial charge on any atom is 0.338 e. The quantitative estimate of drug-likeness (QED) is 0.614. The number of hydrogen-bond acceptors (Lipinski definition) is 3. The van der Waals surface area contributed by atoms with Crippen molar-refractivity contribution in [3.05, 3.63) is 35.4 Å². The molecule has 3 nitrogen and oxygen atoms in total. The average Bonchev–Trinajstić information content (AvgIpc) is 2.29. The highest BCUT2D eigenvalue weighted by molar-refractivity contribution is 5.89. The van der Waals surface area contributed by atoms with Gasteiger partial charge in [0.2, 0.25) is 0 Å². The smallest absolute Gasteiger partial charge is 0.338 e. The summed E-state index contributed by atoms with van der Waals surface area (Å²) in [4.78, 5) is 11.5. The highest BCUT2D eigenvalue weighted by Gasteiger charge is 2.07. The molecular formula is C13H19NO2. The van der Waals surface area contributed by atoms with Crippen molar-refractivity contribution in [3.8, 4) is 0 Å². The third-order valence-electron chi connectivity index (χ3n) is 2.40. The maximum atomic E-state index is 11.5. The van der Waals surface area contributed by atoms with E-state index in [4.69, 9.17) is 10.5 Å². The summed E-state index contributed by atoms with van der Waals surface area (Å²) < 4.78 is 5.10. The number of hydrogen-bond donors (Lipinski definition) is 1. The second-order valence-electron chi connectivity index (χ2n) is 3.90. The summed E-state index contributed by atoms with van der Waals surface area (Å²) in [5, 5.41) is 0. The lowest BCUT2D eigenvalue weighted by Gasteiger charge is -2.07. The topological polar surface area (TPSA) is 52.3 Å². The van der Waals surface area contributed by atoms with Crippen molar-refractivity contribution in [2.75, 3.05) is 6.61 Å². The minimum absolute atomic E-state index is 0.00911. The van der Waals surface area contributed by atoms with Gasteiger partial charge in [-0.3, -0.25) is 0 Å². The molecule has 88 valence electrons. The molecule has 1 aromatic carbocycles. The Kier molecular flexibility index (Phi) is 4.99. The molecule has 0 aliphatic rings. The summed E-state index contributed by atoms with van der Waals surface area (Å²) >= 11 is 0. The Hall–Kier alpha value is -1.35. The van der Waals surface area contributed by atoms with Crippen molar-refractivity contribution < 1.29 is 9.53 Å². The molecule has 2 N–H and O–H groups in total. The summed E-state index contributed by atoms with van der Waals surface area (Å²) in [6.07, 6.45) is 1.93. The van der Waals surface area contributed by atoms with E-state index in [1.165, 1.54) is 0 Å². The van der Waals surface area contributed by atoms with Crippen molar-refractivity contribution in [3.63, 3.8) is 0 Å². The Morgan fingerprint density at radius 3 is 2.50 bits per heavy atom. The summed E-state index contributed by atoms with van der Waals surface area (Å²) in [5.41, 5.74) is 7.32. The fraction of sp³-hybridized carbons (Fsp3) is 0.462. The van der Waals surface area contributed by atoms with Crippen LogP contribution in [0.1, 0.15) is 48.7 Å². The molecule has 0 aliphatic heterocycles. The third kappa shape index (κ3) is 3.66. The van der Waals surface area contributed by atoms with Crippen molar-refractivity contribution >= 4 is 5.97 Å². The molecule has 0 radical (unpaired) electrons. The molecular weight excluding hydrogens is 202 g/mol. The molecule has 0 aliphatic carbocycles. The standard InChI is InChI=1S/C13H19NO2/c1-3-4-9-16-13(15)12-7-5-11(6-8-12)10(2)14/h5-8,10H,3-4,9,14H2,1-2H3/t10-/m1/s1. The summed E-state index contributed by atoms with van der Waals surface area (Å²) in [6.45, 7) is 4.46. The number of unbranched alkanes of at least 4 members (excludes halogenated alkanes) is 1. The van der Waals surface area contributed by atoms with Gasteiger partial charge in [0.05, 0.1) is 12.2 Å². The number of rotatable bonds is 5. The lowest BCUT2D eigenvalue weighted by molar-refractivity contribution is 0.0499. The number of benzene rings is 1. The maximum absolute atomic E-state index is 11.5. The molecule has 0 unspecified atom stereocenters. The van der Waals surface area contributed by atoms with E-state index in [0.29, 0.717) is 12.2 Å². The Labute approximate surface area is 96.6 Å². The van der Waals surface area contributed by atoms with Crippen LogP contribution in [-0.4, -0.2) is 12.6 Å². The van der Waals surface area contributed by atoms with Gasteiger partial charge in [-0.15, -0.1) is 0 Å². The lowest BCUT2D eigenvalue weighted by Crippen LogP contribution is -2.08. The van der Waals surface area contributed by atoms with Crippen LogP contribution in [-0.2, 0) is 4.74 Å². The molecule has 0 heterocycles. The van der Waals surface area contributed by atoms with Gasteiger partial charge < -0.3 is 10.5 Å². The molecule has 0 saturated heterocycles. The molecule has 1 atom stereocenters. The van der Waals surface area contributed by atoms with E-state index >= 15 is 0 Å². The Morgan fingerprint density at radius 2 is 2.00 bits per heavy atom. The van der Waals surface area contributed by atoms with Crippen LogP contribution in [0.5, 0.6) is 0 Å². The second-order valence-corrected chi connectivity index (χ2v) is 3.90. The largest absolute Gasteiger partial charge is 0.462 e. The van der Waals surface area contributed by atoms with Crippen LogP contribution in [0.15, 0.2) is 24.3 Å². The van der Waals surface area contributed by atoms with E-state index < -0.39 is 0 Å². The zero-order chi connectivity index (χ0) is 12.0. The van der Waals surface area contributed by atoms with Crippen LogP contribution in [0.25, 0.3) is 0 Å². The predicted molar refractivity (Wildman–Crippen MR) is 64.2 cm³/mol. The second kappa shape index (κ2) is 6.28. The van der Waals surface area contributed by atoms with E-state index in [9.17, 15) is 4.79 Å². The van der Waals surface area contributed by atoms with Gasteiger partial charge in [-0.1, -0.05) is 25.5 Å². The molecule has 0 saturated carbocycles. The van der Waals surface area contributed by atoms with E-state index in [1.54, 1.807) is 12.1 Å². The lowest BCUT2D eigenvalue weighted by atomic mass is 10.1. The van der Waals surface area contributed by atoms with E-state index in [0.717, 1.165) is 18.4 Å². The van der Waals surface area contributed by atoms with Gasteiger partial charge in [-0.05, 0) is 31.0 Å². The summed E-state index contributed by atoms with van der Waals surface area (Å²) in [5.74, 6) is -0.260. The zero-order valence-electron chi connectivity index (χ0n) is 9.90. The normalized spacial score (nSPS) is 12.2. The number of nitrogens with two attached hydrogens (primary N) is 1. The molecule has 0 aromatic heterocycles. The van der Waals surface area contributed by atoms with Crippen LogP contribution in [0.4, 0.5) is 0 Å². The fourth-order valence-corrected chi connectivity index (χ4v) is 1.32. The van der Waals surface area contributed by atoms with Crippen LogP contribution in [0.3, 0.4) is 0 Å². The SMILES string of the molecule is CCCCOC(=O)c1ccc([C@@H](C)N)cc1. The van der Waals surface area contributed by atoms with Crippen LogP contribution >= 0.6 is 0 Å². The first-order chi connectivity index (χ1) is 7.65. The highest BCUT2D eigenvalue weighted by Crippen LogP contribution is 2.11. The van der Waals surface area contributed by atoms with Gasteiger partial charge in [0.1, 0.15) is 0 Å². The number of carbonyl (C=O) groups is 1. The first-order valence-electron chi connectivity index (χ1n) is 5.67. The zero-order valence-corrected chi connectivity index (χ0v) is 9.90. The predicted octanol–water partition coefficient (Wildman–Crippen LogP) is 2.66. The average molecular weight is 221 g/mol. The van der Waals surface area contributed by atoms with Crippen LogP contribution < -0.4 is 5.73 Å². The van der Waals surface area contributed by atoms with Crippen molar-refractivity contribution in [2.24, 2.45) is 5.73 Å². The summed E-state index contributed by atoms with van der Waals surface area (Å²) in [7, 11) is 0. The van der Waals surface area contributed by atoms with E-state index in [1.807, 2.05) is 19.1 Å². The van der Waals surface area contributed by atoms with Gasteiger partial charge in [-0.25, -0.2) is 4.79 Å². The molecule has 0 amide bonds. The van der Waals surface area contributed by atoms with Crippen LogP contribution in [0.2, 0.25) is 0 Å². The molecule has 0 bridgehead atoms. The van der Waals surface area contributed by atoms with Crippen molar-refractivity contribution in [1.82, 2.24) is 0 Å². The van der Waals surface area contributed by atoms with E-state index in [2.05, 4.69) is 6.92 Å². The van der Waals surface area contributed by atoms with Gasteiger partial charge in [0, 0.05) is 6.04 Å². The Balaban J connectivity index is 2.56. The summed E-state index contributed by atoms with van der Waals surface area (Å²) in [6, 6.07) is 7.23. The highest BCUT2D eigenvalue weighted by atomic mass is 16.5. The molecule has 1 rings (SSSR count). The minimum atomic E-state index is -0.260. The fourth-order valence-electron chi connectivity index (χ4n) is 1.32. The van der Waals surface area contributed by atoms with Crippen LogP contribution in [0, 0.1) is 0 Å². The van der Waals surface area contributed by atoms with Crippen molar-refractivity contribution in [2.45, 2.75) is 32.7 Å². The Bertz CT molecular complexity index is 330. The molecule has 0 fully saturated rings. The van der Waals surface area contributed by atoms with E-state index in [-0.39, 0.29) is 12.0 Å². The molecule has 16 heavy (non-hydrogen) atoms.